The fourth-order valence-electron chi connectivity index (χ4n) is 1.45. The predicted molar refractivity (Wildman–Crippen MR) is 75.9 cm³/mol. The number of halogens is 3. The minimum Gasteiger partial charge on any atom is -0.353 e. The molecule has 0 amide bonds. The van der Waals surface area contributed by atoms with E-state index in [2.05, 4.69) is 11.4 Å². The number of anilines is 2. The number of benzene rings is 2. The topological polar surface area (TPSA) is 35.8 Å². The first-order valence-electron chi connectivity index (χ1n) is 5.02. The molecule has 1 N–H and O–H groups in total. The molecule has 0 aliphatic carbocycles. The molecule has 0 bridgehead atoms. The maximum absolute atomic E-state index is 9.03. The van der Waals surface area contributed by atoms with Crippen molar-refractivity contribution in [2.45, 2.75) is 0 Å². The van der Waals surface area contributed by atoms with Gasteiger partial charge < -0.3 is 5.32 Å². The smallest absolute Gasteiger partial charge is 0.101 e. The van der Waals surface area contributed by atoms with Crippen LogP contribution in [0.5, 0.6) is 0 Å². The van der Waals surface area contributed by atoms with Crippen LogP contribution in [0.4, 0.5) is 11.4 Å². The molecular formula is C13H7Cl3N2. The van der Waals surface area contributed by atoms with Crippen LogP contribution >= 0.6 is 34.8 Å². The zero-order valence-electron chi connectivity index (χ0n) is 9.05. The molecule has 2 rings (SSSR count). The molecule has 0 unspecified atom stereocenters. The van der Waals surface area contributed by atoms with Crippen molar-refractivity contribution in [3.05, 3.63) is 57.0 Å². The summed E-state index contributed by atoms with van der Waals surface area (Å²) in [5.74, 6) is 0. The predicted octanol–water partition coefficient (Wildman–Crippen LogP) is 5.26. The Bertz CT molecular complexity index is 633. The Morgan fingerprint density at radius 1 is 0.889 bits per heavy atom. The van der Waals surface area contributed by atoms with Gasteiger partial charge in [-0.2, -0.15) is 5.26 Å². The number of hydrogen-bond donors (Lipinski definition) is 1. The Morgan fingerprint density at radius 2 is 1.50 bits per heavy atom. The van der Waals surface area contributed by atoms with Crippen molar-refractivity contribution in [1.82, 2.24) is 0 Å². The van der Waals surface area contributed by atoms with Gasteiger partial charge in [0.2, 0.25) is 0 Å². The van der Waals surface area contributed by atoms with Crippen molar-refractivity contribution in [2.75, 3.05) is 5.32 Å². The van der Waals surface area contributed by atoms with Crippen LogP contribution < -0.4 is 5.32 Å². The molecule has 0 aliphatic rings. The fourth-order valence-corrected chi connectivity index (χ4v) is 2.08. The van der Waals surface area contributed by atoms with Crippen molar-refractivity contribution >= 4 is 46.2 Å². The van der Waals surface area contributed by atoms with Crippen LogP contribution in [0, 0.1) is 11.3 Å². The zero-order chi connectivity index (χ0) is 13.1. The van der Waals surface area contributed by atoms with Crippen molar-refractivity contribution in [3.63, 3.8) is 0 Å². The molecular weight excluding hydrogens is 291 g/mol. The van der Waals surface area contributed by atoms with Crippen LogP contribution in [-0.4, -0.2) is 0 Å². The van der Waals surface area contributed by atoms with Gasteiger partial charge in [0.1, 0.15) is 6.07 Å². The van der Waals surface area contributed by atoms with Crippen molar-refractivity contribution in [3.8, 4) is 6.07 Å². The van der Waals surface area contributed by atoms with Gasteiger partial charge in [0, 0.05) is 10.0 Å². The Balaban J connectivity index is 2.37. The van der Waals surface area contributed by atoms with Crippen molar-refractivity contribution in [1.29, 1.82) is 5.26 Å². The first kappa shape index (κ1) is 13.0. The second-order valence-corrected chi connectivity index (χ2v) is 4.83. The summed E-state index contributed by atoms with van der Waals surface area (Å²) in [4.78, 5) is 0. The summed E-state index contributed by atoms with van der Waals surface area (Å²) in [5.41, 5.74) is 1.78. The normalized spacial score (nSPS) is 9.89. The van der Waals surface area contributed by atoms with Crippen molar-refractivity contribution in [2.24, 2.45) is 0 Å². The van der Waals surface area contributed by atoms with Gasteiger partial charge in [0.15, 0.2) is 0 Å². The molecule has 0 spiro atoms. The largest absolute Gasteiger partial charge is 0.353 e. The Labute approximate surface area is 120 Å². The molecule has 90 valence electrons. The number of hydrogen-bond acceptors (Lipinski definition) is 2. The fraction of sp³-hybridized carbons (Fsp3) is 0. The van der Waals surface area contributed by atoms with Crippen LogP contribution in [0.1, 0.15) is 5.56 Å². The molecule has 18 heavy (non-hydrogen) atoms. The van der Waals surface area contributed by atoms with Crippen LogP contribution in [-0.2, 0) is 0 Å². The first-order chi connectivity index (χ1) is 8.60. The van der Waals surface area contributed by atoms with E-state index in [1.165, 1.54) is 0 Å². The van der Waals surface area contributed by atoms with E-state index in [1.54, 1.807) is 36.4 Å². The van der Waals surface area contributed by atoms with Crippen molar-refractivity contribution < 1.29 is 0 Å². The third kappa shape index (κ3) is 2.88. The monoisotopic (exact) mass is 296 g/mol. The van der Waals surface area contributed by atoms with E-state index in [-0.39, 0.29) is 0 Å². The lowest BCUT2D eigenvalue weighted by Crippen LogP contribution is -1.94. The van der Waals surface area contributed by atoms with Crippen LogP contribution in [0.15, 0.2) is 36.4 Å². The molecule has 0 aliphatic heterocycles. The number of nitrogens with one attached hydrogen (secondary N) is 1. The first-order valence-corrected chi connectivity index (χ1v) is 6.15. The summed E-state index contributed by atoms with van der Waals surface area (Å²) >= 11 is 17.7. The lowest BCUT2D eigenvalue weighted by molar-refractivity contribution is 1.46. The van der Waals surface area contributed by atoms with Gasteiger partial charge in [-0.25, -0.2) is 0 Å². The third-order valence-electron chi connectivity index (χ3n) is 2.30. The van der Waals surface area contributed by atoms with Gasteiger partial charge in [-0.3, -0.25) is 0 Å². The number of nitrogens with zero attached hydrogens (tertiary/aromatic N) is 1. The molecule has 0 atom stereocenters. The number of nitriles is 1. The second kappa shape index (κ2) is 5.49. The molecule has 2 nitrogen and oxygen atoms in total. The Hall–Kier alpha value is -1.40. The zero-order valence-corrected chi connectivity index (χ0v) is 11.3. The highest BCUT2D eigenvalue weighted by molar-refractivity contribution is 6.36. The Kier molecular flexibility index (Phi) is 3.98. The molecule has 0 fully saturated rings. The summed E-state index contributed by atoms with van der Waals surface area (Å²) in [6.07, 6.45) is 0. The van der Waals surface area contributed by atoms with Gasteiger partial charge in [-0.15, -0.1) is 0 Å². The van der Waals surface area contributed by atoms with Gasteiger partial charge >= 0.3 is 0 Å². The van der Waals surface area contributed by atoms with Crippen LogP contribution in [0.2, 0.25) is 15.1 Å². The highest BCUT2D eigenvalue weighted by Crippen LogP contribution is 2.30. The van der Waals surface area contributed by atoms with Gasteiger partial charge in [-0.1, -0.05) is 34.8 Å². The average molecular weight is 298 g/mol. The SMILES string of the molecule is N#Cc1cc(Cl)ccc1Nc1ccc(Cl)cc1Cl. The molecule has 5 heteroatoms. The molecule has 2 aromatic carbocycles. The van der Waals surface area contributed by atoms with Crippen LogP contribution in [0.25, 0.3) is 0 Å². The quantitative estimate of drug-likeness (QED) is 0.820. The summed E-state index contributed by atoms with van der Waals surface area (Å²) in [5, 5.41) is 13.7. The number of rotatable bonds is 2. The van der Waals surface area contributed by atoms with E-state index in [1.807, 2.05) is 0 Å². The van der Waals surface area contributed by atoms with E-state index in [9.17, 15) is 0 Å². The van der Waals surface area contributed by atoms with E-state index in [0.717, 1.165) is 0 Å². The van der Waals surface area contributed by atoms with Gasteiger partial charge in [0.05, 0.1) is 22.0 Å². The molecule has 0 saturated heterocycles. The van der Waals surface area contributed by atoms with E-state index in [4.69, 9.17) is 40.1 Å². The maximum atomic E-state index is 9.03. The summed E-state index contributed by atoms with van der Waals surface area (Å²) < 4.78 is 0. The van der Waals surface area contributed by atoms with E-state index >= 15 is 0 Å². The molecule has 0 saturated carbocycles. The maximum Gasteiger partial charge on any atom is 0.101 e. The minimum absolute atomic E-state index is 0.452. The molecule has 0 aromatic heterocycles. The third-order valence-corrected chi connectivity index (χ3v) is 3.09. The average Bonchev–Trinajstić information content (AvgIpc) is 2.34. The molecule has 0 radical (unpaired) electrons. The van der Waals surface area contributed by atoms with Gasteiger partial charge in [-0.05, 0) is 36.4 Å². The highest BCUT2D eigenvalue weighted by Gasteiger charge is 2.06. The summed E-state index contributed by atoms with van der Waals surface area (Å²) in [7, 11) is 0. The minimum atomic E-state index is 0.452. The summed E-state index contributed by atoms with van der Waals surface area (Å²) in [6, 6.07) is 12.2. The lowest BCUT2D eigenvalue weighted by atomic mass is 10.2. The standard InChI is InChI=1S/C13H7Cl3N2/c14-9-1-3-12(8(5-9)7-17)18-13-4-2-10(15)6-11(13)16/h1-6,18H. The lowest BCUT2D eigenvalue weighted by Gasteiger charge is -2.10. The van der Waals surface area contributed by atoms with Crippen LogP contribution in [0.3, 0.4) is 0 Å². The van der Waals surface area contributed by atoms with E-state index < -0.39 is 0 Å². The molecule has 2 aromatic rings. The summed E-state index contributed by atoms with van der Waals surface area (Å²) in [6.45, 7) is 0. The second-order valence-electron chi connectivity index (χ2n) is 3.55. The molecule has 0 heterocycles. The highest BCUT2D eigenvalue weighted by atomic mass is 35.5. The Morgan fingerprint density at radius 3 is 2.11 bits per heavy atom. The van der Waals surface area contributed by atoms with Gasteiger partial charge in [0.25, 0.3) is 0 Å². The van der Waals surface area contributed by atoms with E-state index in [0.29, 0.717) is 32.0 Å².